The van der Waals surface area contributed by atoms with E-state index in [1.807, 2.05) is 0 Å². The quantitative estimate of drug-likeness (QED) is 0.485. The second kappa shape index (κ2) is 7.61. The molecule has 0 unspecified atom stereocenters. The van der Waals surface area contributed by atoms with Gasteiger partial charge in [-0.3, -0.25) is 0 Å². The van der Waals surface area contributed by atoms with E-state index in [4.69, 9.17) is 8.85 Å². The van der Waals surface area contributed by atoms with Gasteiger partial charge in [-0.05, 0) is 81.1 Å². The van der Waals surface area contributed by atoms with E-state index in [1.165, 1.54) is 11.1 Å². The topological polar surface area (TPSA) is 18.5 Å². The number of hydrogen-bond acceptors (Lipinski definition) is 2. The second-order valence-electron chi connectivity index (χ2n) is 9.16. The predicted molar refractivity (Wildman–Crippen MR) is 118 cm³/mol. The van der Waals surface area contributed by atoms with Gasteiger partial charge in [0.05, 0.1) is 0 Å². The molecular weight excluding hydrogens is 352 g/mol. The summed E-state index contributed by atoms with van der Waals surface area (Å²) in [4.78, 5) is 0. The molecule has 0 saturated heterocycles. The highest BCUT2D eigenvalue weighted by molar-refractivity contribution is 6.70. The van der Waals surface area contributed by atoms with Gasteiger partial charge in [0.1, 0.15) is 11.5 Å². The zero-order chi connectivity index (χ0) is 19.6. The van der Waals surface area contributed by atoms with Gasteiger partial charge in [-0.1, -0.05) is 38.1 Å². The van der Waals surface area contributed by atoms with Crippen molar-refractivity contribution in [2.75, 3.05) is 0 Å². The maximum Gasteiger partial charge on any atom is 0.242 e. The summed E-state index contributed by atoms with van der Waals surface area (Å²) in [6.45, 7) is 17.8. The van der Waals surface area contributed by atoms with Crippen molar-refractivity contribution in [2.24, 2.45) is 0 Å². The van der Waals surface area contributed by atoms with Crippen LogP contribution in [0.2, 0.25) is 39.3 Å². The molecule has 26 heavy (non-hydrogen) atoms. The molecule has 0 saturated carbocycles. The molecule has 0 bridgehead atoms. The summed E-state index contributed by atoms with van der Waals surface area (Å²) >= 11 is 0. The Balaban J connectivity index is 2.27. The Bertz CT molecular complexity index is 648. The Labute approximate surface area is 161 Å². The fraction of sp³-hybridized carbons (Fsp3) is 0.455. The molecule has 2 nitrogen and oxygen atoms in total. The van der Waals surface area contributed by atoms with Crippen LogP contribution in [0, 0.1) is 0 Å². The number of rotatable bonds is 7. The summed E-state index contributed by atoms with van der Waals surface area (Å²) in [5.41, 5.74) is 2.62. The van der Waals surface area contributed by atoms with Crippen molar-refractivity contribution in [3.63, 3.8) is 0 Å². The Morgan fingerprint density at radius 1 is 0.654 bits per heavy atom. The van der Waals surface area contributed by atoms with Gasteiger partial charge in [0, 0.05) is 5.41 Å². The molecule has 142 valence electrons. The molecule has 2 rings (SSSR count). The van der Waals surface area contributed by atoms with Crippen LogP contribution in [-0.4, -0.2) is 16.6 Å². The molecule has 0 amide bonds. The zero-order valence-electron chi connectivity index (χ0n) is 17.6. The van der Waals surface area contributed by atoms with Gasteiger partial charge >= 0.3 is 0 Å². The van der Waals surface area contributed by atoms with E-state index in [1.54, 1.807) is 0 Å². The van der Waals surface area contributed by atoms with Crippen molar-refractivity contribution >= 4 is 16.6 Å². The highest BCUT2D eigenvalue weighted by atomic mass is 28.4. The smallest absolute Gasteiger partial charge is 0.242 e. The molecule has 4 heteroatoms. The lowest BCUT2D eigenvalue weighted by Crippen LogP contribution is -2.29. The van der Waals surface area contributed by atoms with Gasteiger partial charge in [0.2, 0.25) is 16.6 Å². The van der Waals surface area contributed by atoms with E-state index in [2.05, 4.69) is 102 Å². The monoisotopic (exact) mass is 386 g/mol. The third kappa shape index (κ3) is 5.48. The molecule has 2 aromatic carbocycles. The van der Waals surface area contributed by atoms with Gasteiger partial charge < -0.3 is 8.85 Å². The van der Waals surface area contributed by atoms with E-state index in [-0.39, 0.29) is 5.41 Å². The Morgan fingerprint density at radius 2 is 0.962 bits per heavy atom. The summed E-state index contributed by atoms with van der Waals surface area (Å²) in [5, 5.41) is 0. The summed E-state index contributed by atoms with van der Waals surface area (Å²) in [6, 6.07) is 17.3. The van der Waals surface area contributed by atoms with Gasteiger partial charge in [-0.2, -0.15) is 0 Å². The van der Waals surface area contributed by atoms with Gasteiger partial charge in [-0.25, -0.2) is 0 Å². The van der Waals surface area contributed by atoms with Crippen LogP contribution in [-0.2, 0) is 5.41 Å². The van der Waals surface area contributed by atoms with Gasteiger partial charge in [-0.15, -0.1) is 0 Å². The number of benzene rings is 2. The second-order valence-corrected chi connectivity index (χ2v) is 18.0. The molecule has 0 aliphatic heterocycles. The Morgan fingerprint density at radius 3 is 1.19 bits per heavy atom. The first-order chi connectivity index (χ1) is 11.9. The van der Waals surface area contributed by atoms with Crippen molar-refractivity contribution in [2.45, 2.75) is 65.0 Å². The maximum absolute atomic E-state index is 6.10. The van der Waals surface area contributed by atoms with Crippen molar-refractivity contribution in [1.29, 1.82) is 0 Å². The third-order valence-electron chi connectivity index (χ3n) is 4.54. The minimum atomic E-state index is -1.57. The number of hydrogen-bond donors (Lipinski definition) is 0. The van der Waals surface area contributed by atoms with E-state index >= 15 is 0 Å². The summed E-state index contributed by atoms with van der Waals surface area (Å²) in [6.07, 6.45) is 1.04. The SMILES string of the molecule is CCC(C)(c1ccc(O[Si](C)(C)C)cc1)c1ccc(O[Si](C)(C)C)cc1. The van der Waals surface area contributed by atoms with Gasteiger partial charge in [0.25, 0.3) is 0 Å². The van der Waals surface area contributed by atoms with Crippen LogP contribution in [0.1, 0.15) is 31.4 Å². The molecule has 0 spiro atoms. The van der Waals surface area contributed by atoms with Crippen LogP contribution in [0.5, 0.6) is 11.5 Å². The Kier molecular flexibility index (Phi) is 6.08. The fourth-order valence-corrected chi connectivity index (χ4v) is 4.75. The lowest BCUT2D eigenvalue weighted by atomic mass is 9.74. The third-order valence-corrected chi connectivity index (χ3v) is 6.23. The van der Waals surface area contributed by atoms with E-state index in [9.17, 15) is 0 Å². The van der Waals surface area contributed by atoms with Crippen molar-refractivity contribution in [1.82, 2.24) is 0 Å². The first kappa shape index (κ1) is 20.8. The van der Waals surface area contributed by atoms with Crippen molar-refractivity contribution in [3.05, 3.63) is 59.7 Å². The van der Waals surface area contributed by atoms with Crippen LogP contribution in [0.3, 0.4) is 0 Å². The lowest BCUT2D eigenvalue weighted by molar-refractivity contribution is 0.536. The largest absolute Gasteiger partial charge is 0.544 e. The first-order valence-electron chi connectivity index (χ1n) is 9.52. The minimum Gasteiger partial charge on any atom is -0.544 e. The summed E-state index contributed by atoms with van der Waals surface area (Å²) in [7, 11) is -3.14. The lowest BCUT2D eigenvalue weighted by Gasteiger charge is -2.31. The van der Waals surface area contributed by atoms with Crippen LogP contribution in [0.4, 0.5) is 0 Å². The highest BCUT2D eigenvalue weighted by Gasteiger charge is 2.27. The molecule has 0 atom stereocenters. The zero-order valence-corrected chi connectivity index (χ0v) is 19.6. The van der Waals surface area contributed by atoms with E-state index < -0.39 is 16.6 Å². The van der Waals surface area contributed by atoms with Gasteiger partial charge in [0.15, 0.2) is 0 Å². The molecule has 0 N–H and O–H groups in total. The van der Waals surface area contributed by atoms with Crippen LogP contribution in [0.25, 0.3) is 0 Å². The van der Waals surface area contributed by atoms with Crippen LogP contribution >= 0.6 is 0 Å². The molecule has 0 radical (unpaired) electrons. The molecule has 0 aliphatic rings. The maximum atomic E-state index is 6.10. The Hall–Kier alpha value is -1.53. The predicted octanol–water partition coefficient (Wildman–Crippen LogP) is 6.83. The van der Waals surface area contributed by atoms with E-state index in [0.29, 0.717) is 0 Å². The summed E-state index contributed by atoms with van der Waals surface area (Å²) in [5.74, 6) is 1.95. The average molecular weight is 387 g/mol. The molecule has 0 aromatic heterocycles. The molecular formula is C22H34O2Si2. The van der Waals surface area contributed by atoms with E-state index in [0.717, 1.165) is 17.9 Å². The highest BCUT2D eigenvalue weighted by Crippen LogP contribution is 2.37. The first-order valence-corrected chi connectivity index (χ1v) is 16.3. The molecule has 0 heterocycles. The molecule has 2 aromatic rings. The molecule has 0 fully saturated rings. The van der Waals surface area contributed by atoms with Crippen LogP contribution in [0.15, 0.2) is 48.5 Å². The van der Waals surface area contributed by atoms with Crippen molar-refractivity contribution in [3.8, 4) is 11.5 Å². The molecule has 0 aliphatic carbocycles. The summed E-state index contributed by atoms with van der Waals surface area (Å²) < 4.78 is 12.2. The van der Waals surface area contributed by atoms with Crippen LogP contribution < -0.4 is 8.85 Å². The average Bonchev–Trinajstić information content (AvgIpc) is 2.52. The van der Waals surface area contributed by atoms with Crippen molar-refractivity contribution < 1.29 is 8.85 Å². The minimum absolute atomic E-state index is 0.0185. The standard InChI is InChI=1S/C22H34O2Si2/c1-9-22(2,18-10-14-20(15-11-18)23-25(3,4)5)19-12-16-21(17-13-19)24-26(6,7)8/h10-17H,9H2,1-8H3. The normalized spacial score (nSPS) is 12.8. The fourth-order valence-electron chi connectivity index (χ4n) is 3.06.